The van der Waals surface area contributed by atoms with E-state index in [-0.39, 0.29) is 0 Å². The molecule has 4 nitrogen and oxygen atoms in total. The summed E-state index contributed by atoms with van der Waals surface area (Å²) in [6.45, 7) is 2.31. The SMILES string of the molecule is Cc1cc(N)ccc1-c1ccc2cc1NC(=O)OC2. The summed E-state index contributed by atoms with van der Waals surface area (Å²) in [5, 5.41) is 2.76. The van der Waals surface area contributed by atoms with Crippen LogP contribution in [0.3, 0.4) is 0 Å². The minimum atomic E-state index is -0.421. The number of benzene rings is 2. The summed E-state index contributed by atoms with van der Waals surface area (Å²) in [5.74, 6) is 0. The van der Waals surface area contributed by atoms with Crippen molar-refractivity contribution in [2.24, 2.45) is 0 Å². The van der Waals surface area contributed by atoms with Crippen LogP contribution in [-0.2, 0) is 11.3 Å². The first-order valence-corrected chi connectivity index (χ1v) is 6.07. The van der Waals surface area contributed by atoms with Gasteiger partial charge in [0.05, 0.1) is 5.69 Å². The van der Waals surface area contributed by atoms with Crippen molar-refractivity contribution in [2.45, 2.75) is 13.5 Å². The van der Waals surface area contributed by atoms with Gasteiger partial charge in [0.1, 0.15) is 6.61 Å². The third-order valence-corrected chi connectivity index (χ3v) is 3.23. The van der Waals surface area contributed by atoms with Gasteiger partial charge in [-0.1, -0.05) is 18.2 Å². The quantitative estimate of drug-likeness (QED) is 0.767. The first-order chi connectivity index (χ1) is 9.13. The van der Waals surface area contributed by atoms with Crippen LogP contribution in [0.5, 0.6) is 0 Å². The van der Waals surface area contributed by atoms with Gasteiger partial charge >= 0.3 is 6.09 Å². The molecule has 0 unspecified atom stereocenters. The average Bonchev–Trinajstić information content (AvgIpc) is 2.51. The molecule has 2 bridgehead atoms. The first-order valence-electron chi connectivity index (χ1n) is 6.07. The Labute approximate surface area is 111 Å². The van der Waals surface area contributed by atoms with Crippen LogP contribution in [0.25, 0.3) is 11.1 Å². The number of nitrogens with one attached hydrogen (secondary N) is 1. The molecular formula is C15H14N2O2. The van der Waals surface area contributed by atoms with Crippen LogP contribution in [0.2, 0.25) is 0 Å². The molecule has 1 heterocycles. The van der Waals surface area contributed by atoms with Gasteiger partial charge in [0, 0.05) is 11.3 Å². The van der Waals surface area contributed by atoms with Gasteiger partial charge in [-0.05, 0) is 41.8 Å². The number of amides is 1. The summed E-state index contributed by atoms with van der Waals surface area (Å²) < 4.78 is 5.03. The van der Waals surface area contributed by atoms with E-state index in [2.05, 4.69) is 5.32 Å². The number of nitrogen functional groups attached to an aromatic ring is 1. The average molecular weight is 254 g/mol. The zero-order chi connectivity index (χ0) is 13.4. The Balaban J connectivity index is 2.14. The number of rotatable bonds is 1. The lowest BCUT2D eigenvalue weighted by Crippen LogP contribution is -2.10. The van der Waals surface area contributed by atoms with Crippen molar-refractivity contribution in [3.8, 4) is 11.1 Å². The van der Waals surface area contributed by atoms with Crippen LogP contribution in [0.1, 0.15) is 11.1 Å². The molecule has 0 fully saturated rings. The molecule has 2 aromatic carbocycles. The second kappa shape index (κ2) is 4.31. The fraction of sp³-hybridized carbons (Fsp3) is 0.133. The lowest BCUT2D eigenvalue weighted by molar-refractivity contribution is 0.156. The number of carbonyl (C=O) groups excluding carboxylic acids is 1. The van der Waals surface area contributed by atoms with Crippen molar-refractivity contribution >= 4 is 17.5 Å². The van der Waals surface area contributed by atoms with Crippen LogP contribution in [-0.4, -0.2) is 6.09 Å². The van der Waals surface area contributed by atoms with Gasteiger partial charge in [-0.25, -0.2) is 4.79 Å². The molecule has 0 aliphatic carbocycles. The van der Waals surface area contributed by atoms with Crippen LogP contribution >= 0.6 is 0 Å². The Morgan fingerprint density at radius 1 is 1.16 bits per heavy atom. The molecule has 0 aromatic heterocycles. The normalized spacial score (nSPS) is 13.4. The Kier molecular flexibility index (Phi) is 2.63. The van der Waals surface area contributed by atoms with Crippen molar-refractivity contribution in [3.05, 3.63) is 47.5 Å². The Bertz CT molecular complexity index is 665. The molecule has 96 valence electrons. The predicted octanol–water partition coefficient (Wildman–Crippen LogP) is 3.31. The number of nitrogens with two attached hydrogens (primary N) is 1. The van der Waals surface area contributed by atoms with Crippen molar-refractivity contribution in [2.75, 3.05) is 11.1 Å². The Morgan fingerprint density at radius 2 is 1.95 bits per heavy atom. The van der Waals surface area contributed by atoms with Crippen molar-refractivity contribution in [1.82, 2.24) is 0 Å². The molecule has 19 heavy (non-hydrogen) atoms. The molecular weight excluding hydrogens is 240 g/mol. The van der Waals surface area contributed by atoms with Crippen LogP contribution < -0.4 is 11.1 Å². The lowest BCUT2D eigenvalue weighted by Gasteiger charge is -2.12. The largest absolute Gasteiger partial charge is 0.444 e. The summed E-state index contributed by atoms with van der Waals surface area (Å²) in [4.78, 5) is 11.5. The molecule has 1 amide bonds. The minimum absolute atomic E-state index is 0.305. The number of aryl methyl sites for hydroxylation is 1. The topological polar surface area (TPSA) is 64.3 Å². The third-order valence-electron chi connectivity index (χ3n) is 3.23. The minimum Gasteiger partial charge on any atom is -0.444 e. The molecule has 0 radical (unpaired) electrons. The van der Waals surface area contributed by atoms with E-state index in [9.17, 15) is 4.79 Å². The van der Waals surface area contributed by atoms with E-state index < -0.39 is 6.09 Å². The number of cyclic esters (lactones) is 1. The van der Waals surface area contributed by atoms with Gasteiger partial charge in [0.2, 0.25) is 0 Å². The highest BCUT2D eigenvalue weighted by atomic mass is 16.5. The van der Waals surface area contributed by atoms with Crippen LogP contribution in [0, 0.1) is 6.92 Å². The monoisotopic (exact) mass is 254 g/mol. The number of ether oxygens (including phenoxy) is 1. The highest BCUT2D eigenvalue weighted by Gasteiger charge is 2.15. The molecule has 0 saturated heterocycles. The number of fused-ring (bicyclic) bond motifs is 2. The zero-order valence-corrected chi connectivity index (χ0v) is 10.6. The smallest absolute Gasteiger partial charge is 0.411 e. The summed E-state index contributed by atoms with van der Waals surface area (Å²) in [6.07, 6.45) is -0.421. The van der Waals surface area contributed by atoms with Gasteiger partial charge in [0.15, 0.2) is 0 Å². The molecule has 0 saturated carbocycles. The Hall–Kier alpha value is -2.49. The van der Waals surface area contributed by atoms with Gasteiger partial charge in [-0.2, -0.15) is 0 Å². The number of hydrogen-bond donors (Lipinski definition) is 2. The van der Waals surface area contributed by atoms with Crippen molar-refractivity contribution < 1.29 is 9.53 Å². The second-order valence-corrected chi connectivity index (χ2v) is 4.66. The van der Waals surface area contributed by atoms with Gasteiger partial charge < -0.3 is 10.5 Å². The van der Waals surface area contributed by atoms with E-state index >= 15 is 0 Å². The molecule has 1 aliphatic rings. The molecule has 3 N–H and O–H groups in total. The highest BCUT2D eigenvalue weighted by Crippen LogP contribution is 2.33. The lowest BCUT2D eigenvalue weighted by atomic mass is 9.97. The fourth-order valence-electron chi connectivity index (χ4n) is 2.30. The standard InChI is InChI=1S/C15H14N2O2/c1-9-6-11(16)3-5-12(9)13-4-2-10-7-14(13)17-15(18)19-8-10/h2-7H,8,16H2,1H3,(H,17,18). The number of hydrogen-bond acceptors (Lipinski definition) is 3. The highest BCUT2D eigenvalue weighted by molar-refractivity contribution is 5.93. The van der Waals surface area contributed by atoms with Gasteiger partial charge in [-0.3, -0.25) is 5.32 Å². The maximum atomic E-state index is 11.5. The summed E-state index contributed by atoms with van der Waals surface area (Å²) in [5.41, 5.74) is 11.3. The summed E-state index contributed by atoms with van der Waals surface area (Å²) in [6, 6.07) is 11.7. The molecule has 3 rings (SSSR count). The molecule has 4 heteroatoms. The Morgan fingerprint density at radius 3 is 2.74 bits per heavy atom. The summed E-state index contributed by atoms with van der Waals surface area (Å²) >= 11 is 0. The third kappa shape index (κ3) is 2.12. The molecule has 1 aliphatic heterocycles. The van der Waals surface area contributed by atoms with Gasteiger partial charge in [0.25, 0.3) is 0 Å². The van der Waals surface area contributed by atoms with Crippen LogP contribution in [0.15, 0.2) is 36.4 Å². The van der Waals surface area contributed by atoms with E-state index in [0.717, 1.165) is 33.6 Å². The maximum Gasteiger partial charge on any atom is 0.411 e. The molecule has 0 spiro atoms. The van der Waals surface area contributed by atoms with Gasteiger partial charge in [-0.15, -0.1) is 0 Å². The predicted molar refractivity (Wildman–Crippen MR) is 74.8 cm³/mol. The van der Waals surface area contributed by atoms with Crippen molar-refractivity contribution in [1.29, 1.82) is 0 Å². The first kappa shape index (κ1) is 11.6. The zero-order valence-electron chi connectivity index (χ0n) is 10.6. The fourth-order valence-corrected chi connectivity index (χ4v) is 2.30. The van der Waals surface area contributed by atoms with Crippen LogP contribution in [0.4, 0.5) is 16.2 Å². The number of carbonyl (C=O) groups is 1. The van der Waals surface area contributed by atoms with E-state index in [1.165, 1.54) is 0 Å². The summed E-state index contributed by atoms with van der Waals surface area (Å²) in [7, 11) is 0. The van der Waals surface area contributed by atoms with Crippen molar-refractivity contribution in [3.63, 3.8) is 0 Å². The second-order valence-electron chi connectivity index (χ2n) is 4.66. The van der Waals surface area contributed by atoms with E-state index in [4.69, 9.17) is 10.5 Å². The molecule has 2 aromatic rings. The van der Waals surface area contributed by atoms with E-state index in [1.54, 1.807) is 0 Å². The van der Waals surface area contributed by atoms with E-state index in [1.807, 2.05) is 43.3 Å². The van der Waals surface area contributed by atoms with E-state index in [0.29, 0.717) is 6.61 Å². The molecule has 0 atom stereocenters. The maximum absolute atomic E-state index is 11.5. The number of anilines is 2.